The molecule has 0 bridgehead atoms. The molecule has 0 fully saturated rings. The number of hydrogen-bond donors (Lipinski definition) is 2. The molecule has 2 N–H and O–H groups in total. The Labute approximate surface area is 154 Å². The Morgan fingerprint density at radius 1 is 1.00 bits per heavy atom. The standard InChI is InChI=1S/C21H24N4O/c1-15-13-20(22-14-17-9-11-19(26-3)12-10-17)25-21(23-15)24-16(2)18-7-5-4-6-8-18/h4-13,16H,14H2,1-3H3,(H2,22,23,24,25). The summed E-state index contributed by atoms with van der Waals surface area (Å²) < 4.78 is 5.19. The minimum Gasteiger partial charge on any atom is -0.497 e. The lowest BCUT2D eigenvalue weighted by molar-refractivity contribution is 0.414. The van der Waals surface area contributed by atoms with Gasteiger partial charge in [-0.2, -0.15) is 4.98 Å². The van der Waals surface area contributed by atoms with E-state index in [1.54, 1.807) is 7.11 Å². The number of anilines is 2. The minimum atomic E-state index is 0.132. The van der Waals surface area contributed by atoms with Gasteiger partial charge in [0.05, 0.1) is 13.2 Å². The van der Waals surface area contributed by atoms with E-state index in [0.717, 1.165) is 22.8 Å². The average Bonchev–Trinajstić information content (AvgIpc) is 2.67. The van der Waals surface area contributed by atoms with E-state index >= 15 is 0 Å². The van der Waals surface area contributed by atoms with E-state index in [1.807, 2.05) is 55.5 Å². The van der Waals surface area contributed by atoms with E-state index in [4.69, 9.17) is 4.74 Å². The van der Waals surface area contributed by atoms with Crippen molar-refractivity contribution in [3.05, 3.63) is 77.5 Å². The Morgan fingerprint density at radius 3 is 2.42 bits per heavy atom. The minimum absolute atomic E-state index is 0.132. The molecule has 0 aliphatic heterocycles. The smallest absolute Gasteiger partial charge is 0.225 e. The lowest BCUT2D eigenvalue weighted by Crippen LogP contribution is -2.11. The van der Waals surface area contributed by atoms with Crippen molar-refractivity contribution in [2.75, 3.05) is 17.7 Å². The van der Waals surface area contributed by atoms with Crippen LogP contribution in [0.15, 0.2) is 60.7 Å². The molecule has 26 heavy (non-hydrogen) atoms. The highest BCUT2D eigenvalue weighted by molar-refractivity contribution is 5.44. The summed E-state index contributed by atoms with van der Waals surface area (Å²) in [6.45, 7) is 4.76. The van der Waals surface area contributed by atoms with Crippen molar-refractivity contribution in [1.29, 1.82) is 0 Å². The molecule has 3 aromatic rings. The molecule has 5 nitrogen and oxygen atoms in total. The normalized spacial score (nSPS) is 11.7. The van der Waals surface area contributed by atoms with Gasteiger partial charge in [0.25, 0.3) is 0 Å². The van der Waals surface area contributed by atoms with Crippen molar-refractivity contribution < 1.29 is 4.74 Å². The van der Waals surface area contributed by atoms with Gasteiger partial charge < -0.3 is 15.4 Å². The Morgan fingerprint density at radius 2 is 1.73 bits per heavy atom. The van der Waals surface area contributed by atoms with Crippen LogP contribution in [0.25, 0.3) is 0 Å². The Kier molecular flexibility index (Phi) is 5.69. The van der Waals surface area contributed by atoms with E-state index in [2.05, 4.69) is 39.7 Å². The number of ether oxygens (including phenoxy) is 1. The van der Waals surface area contributed by atoms with E-state index < -0.39 is 0 Å². The lowest BCUT2D eigenvalue weighted by atomic mass is 10.1. The highest BCUT2D eigenvalue weighted by Crippen LogP contribution is 2.19. The molecule has 0 saturated heterocycles. The number of aromatic nitrogens is 2. The number of aryl methyl sites for hydroxylation is 1. The molecule has 2 aromatic carbocycles. The number of nitrogens with zero attached hydrogens (tertiary/aromatic N) is 2. The third kappa shape index (κ3) is 4.72. The number of methoxy groups -OCH3 is 1. The maximum Gasteiger partial charge on any atom is 0.225 e. The molecule has 0 aliphatic rings. The van der Waals surface area contributed by atoms with E-state index in [0.29, 0.717) is 12.5 Å². The maximum absolute atomic E-state index is 5.19. The summed E-state index contributed by atoms with van der Waals surface area (Å²) in [5.74, 6) is 2.28. The first-order valence-corrected chi connectivity index (χ1v) is 8.68. The SMILES string of the molecule is COc1ccc(CNc2cc(C)nc(NC(C)c3ccccc3)n2)cc1. The number of hydrogen-bond acceptors (Lipinski definition) is 5. The molecule has 1 heterocycles. The van der Waals surface area contributed by atoms with Gasteiger partial charge in [-0.15, -0.1) is 0 Å². The van der Waals surface area contributed by atoms with Crippen molar-refractivity contribution in [3.8, 4) is 5.75 Å². The summed E-state index contributed by atoms with van der Waals surface area (Å²) in [4.78, 5) is 9.09. The van der Waals surface area contributed by atoms with Crippen molar-refractivity contribution in [2.24, 2.45) is 0 Å². The van der Waals surface area contributed by atoms with Crippen LogP contribution < -0.4 is 15.4 Å². The first-order valence-electron chi connectivity index (χ1n) is 8.68. The van der Waals surface area contributed by atoms with Gasteiger partial charge in [0.1, 0.15) is 11.6 Å². The molecule has 0 aliphatic carbocycles. The van der Waals surface area contributed by atoms with Crippen molar-refractivity contribution in [1.82, 2.24) is 9.97 Å². The molecule has 0 saturated carbocycles. The first-order chi connectivity index (χ1) is 12.6. The molecule has 0 amide bonds. The summed E-state index contributed by atoms with van der Waals surface area (Å²) in [5, 5.41) is 6.73. The fraction of sp³-hybridized carbons (Fsp3) is 0.238. The molecule has 134 valence electrons. The van der Waals surface area contributed by atoms with Gasteiger partial charge in [0.2, 0.25) is 5.95 Å². The zero-order chi connectivity index (χ0) is 18.4. The summed E-state index contributed by atoms with van der Waals surface area (Å²) >= 11 is 0. The van der Waals surface area contributed by atoms with Gasteiger partial charge in [-0.3, -0.25) is 0 Å². The molecular weight excluding hydrogens is 324 g/mol. The molecule has 5 heteroatoms. The highest BCUT2D eigenvalue weighted by atomic mass is 16.5. The molecular formula is C21H24N4O. The van der Waals surface area contributed by atoms with Crippen molar-refractivity contribution in [3.63, 3.8) is 0 Å². The monoisotopic (exact) mass is 348 g/mol. The van der Waals surface area contributed by atoms with E-state index in [9.17, 15) is 0 Å². The second-order valence-electron chi connectivity index (χ2n) is 6.20. The van der Waals surface area contributed by atoms with Gasteiger partial charge in [0.15, 0.2) is 0 Å². The van der Waals surface area contributed by atoms with Gasteiger partial charge in [0, 0.05) is 18.3 Å². The van der Waals surface area contributed by atoms with Crippen LogP contribution in [0.5, 0.6) is 5.75 Å². The summed E-state index contributed by atoms with van der Waals surface area (Å²) in [6.07, 6.45) is 0. The van der Waals surface area contributed by atoms with Gasteiger partial charge >= 0.3 is 0 Å². The average molecular weight is 348 g/mol. The topological polar surface area (TPSA) is 59.1 Å². The Hall–Kier alpha value is -3.08. The molecule has 1 atom stereocenters. The summed E-state index contributed by atoms with van der Waals surface area (Å²) in [5.41, 5.74) is 3.28. The quantitative estimate of drug-likeness (QED) is 0.654. The van der Waals surface area contributed by atoms with Crippen LogP contribution in [0.1, 0.15) is 29.8 Å². The molecule has 3 rings (SSSR count). The van der Waals surface area contributed by atoms with Crippen LogP contribution in [0.3, 0.4) is 0 Å². The lowest BCUT2D eigenvalue weighted by Gasteiger charge is -2.15. The predicted molar refractivity (Wildman–Crippen MR) is 106 cm³/mol. The van der Waals surface area contributed by atoms with Crippen LogP contribution in [-0.2, 0) is 6.54 Å². The predicted octanol–water partition coefficient (Wildman–Crippen LogP) is 4.58. The molecule has 0 radical (unpaired) electrons. The zero-order valence-electron chi connectivity index (χ0n) is 15.4. The number of rotatable bonds is 7. The van der Waals surface area contributed by atoms with Gasteiger partial charge in [-0.05, 0) is 37.1 Å². The van der Waals surface area contributed by atoms with Crippen LogP contribution in [-0.4, -0.2) is 17.1 Å². The second-order valence-corrected chi connectivity index (χ2v) is 6.20. The van der Waals surface area contributed by atoms with Crippen LogP contribution in [0.2, 0.25) is 0 Å². The van der Waals surface area contributed by atoms with Crippen molar-refractivity contribution in [2.45, 2.75) is 26.4 Å². The Bertz CT molecular complexity index is 834. The van der Waals surface area contributed by atoms with E-state index in [-0.39, 0.29) is 6.04 Å². The first kappa shape index (κ1) is 17.7. The Balaban J connectivity index is 1.66. The molecule has 1 unspecified atom stereocenters. The number of nitrogens with one attached hydrogen (secondary N) is 2. The van der Waals surface area contributed by atoms with Crippen LogP contribution in [0.4, 0.5) is 11.8 Å². The van der Waals surface area contributed by atoms with Gasteiger partial charge in [-0.25, -0.2) is 4.98 Å². The summed E-state index contributed by atoms with van der Waals surface area (Å²) in [6, 6.07) is 20.3. The highest BCUT2D eigenvalue weighted by Gasteiger charge is 2.08. The fourth-order valence-electron chi connectivity index (χ4n) is 2.68. The molecule has 1 aromatic heterocycles. The van der Waals surface area contributed by atoms with E-state index in [1.165, 1.54) is 5.56 Å². The third-order valence-electron chi connectivity index (χ3n) is 4.13. The van der Waals surface area contributed by atoms with Gasteiger partial charge in [-0.1, -0.05) is 42.5 Å². The largest absolute Gasteiger partial charge is 0.497 e. The molecule has 0 spiro atoms. The maximum atomic E-state index is 5.19. The van der Waals surface area contributed by atoms with Crippen molar-refractivity contribution >= 4 is 11.8 Å². The number of benzene rings is 2. The summed E-state index contributed by atoms with van der Waals surface area (Å²) in [7, 11) is 1.67. The van der Waals surface area contributed by atoms with Crippen LogP contribution >= 0.6 is 0 Å². The zero-order valence-corrected chi connectivity index (χ0v) is 15.4. The second kappa shape index (κ2) is 8.34. The van der Waals surface area contributed by atoms with Crippen LogP contribution in [0, 0.1) is 6.92 Å². The third-order valence-corrected chi connectivity index (χ3v) is 4.13. The fourth-order valence-corrected chi connectivity index (χ4v) is 2.68.